The quantitative estimate of drug-likeness (QED) is 0.797. The van der Waals surface area contributed by atoms with Crippen LogP contribution in [-0.4, -0.2) is 30.7 Å². The van der Waals surface area contributed by atoms with Gasteiger partial charge in [-0.3, -0.25) is 4.79 Å². The number of carbonyl (C=O) groups is 1. The fourth-order valence-corrected chi connectivity index (χ4v) is 2.37. The summed E-state index contributed by atoms with van der Waals surface area (Å²) < 4.78 is 5.68. The molecule has 0 aromatic heterocycles. The van der Waals surface area contributed by atoms with Crippen molar-refractivity contribution < 1.29 is 9.53 Å². The fraction of sp³-hybridized carbons (Fsp3) is 0.917. The van der Waals surface area contributed by atoms with Gasteiger partial charge in [0.2, 0.25) is 5.91 Å². The summed E-state index contributed by atoms with van der Waals surface area (Å²) in [6.07, 6.45) is 2.98. The van der Waals surface area contributed by atoms with Crippen molar-refractivity contribution in [3.8, 4) is 0 Å². The maximum absolute atomic E-state index is 11.7. The van der Waals surface area contributed by atoms with E-state index in [4.69, 9.17) is 10.5 Å². The Hall–Kier alpha value is -0.320. The first-order chi connectivity index (χ1) is 7.53. The number of ether oxygens (including phenoxy) is 1. The van der Waals surface area contributed by atoms with Crippen LogP contribution in [0.2, 0.25) is 0 Å². The third-order valence-electron chi connectivity index (χ3n) is 3.69. The molecule has 4 nitrogen and oxygen atoms in total. The average Bonchev–Trinajstić information content (AvgIpc) is 2.82. The first-order valence-electron chi connectivity index (χ1n) is 6.22. The largest absolute Gasteiger partial charge is 0.378 e. The minimum absolute atomic E-state index is 0. The molecule has 0 aromatic carbocycles. The summed E-state index contributed by atoms with van der Waals surface area (Å²) in [5.74, 6) is 0.977. The minimum Gasteiger partial charge on any atom is -0.378 e. The van der Waals surface area contributed by atoms with E-state index in [1.54, 1.807) is 0 Å². The lowest BCUT2D eigenvalue weighted by Gasteiger charge is -2.22. The lowest BCUT2D eigenvalue weighted by atomic mass is 9.93. The van der Waals surface area contributed by atoms with E-state index >= 15 is 0 Å². The van der Waals surface area contributed by atoms with Crippen molar-refractivity contribution >= 4 is 18.3 Å². The van der Waals surface area contributed by atoms with Gasteiger partial charge in [0.25, 0.3) is 0 Å². The van der Waals surface area contributed by atoms with E-state index in [9.17, 15) is 4.79 Å². The summed E-state index contributed by atoms with van der Waals surface area (Å²) in [5, 5.41) is 2.97. The van der Waals surface area contributed by atoms with Gasteiger partial charge >= 0.3 is 0 Å². The molecule has 17 heavy (non-hydrogen) atoms. The summed E-state index contributed by atoms with van der Waals surface area (Å²) >= 11 is 0. The molecule has 1 saturated heterocycles. The second-order valence-corrected chi connectivity index (χ2v) is 5.49. The molecule has 2 rings (SSSR count). The fourth-order valence-electron chi connectivity index (χ4n) is 2.37. The normalized spacial score (nSPS) is 29.9. The van der Waals surface area contributed by atoms with Gasteiger partial charge in [-0.1, -0.05) is 13.8 Å². The molecule has 1 aliphatic carbocycles. The summed E-state index contributed by atoms with van der Waals surface area (Å²) in [6, 6.07) is 0. The molecule has 0 bridgehead atoms. The maximum atomic E-state index is 11.7. The van der Waals surface area contributed by atoms with Crippen molar-refractivity contribution in [3.63, 3.8) is 0 Å². The Morgan fingerprint density at radius 3 is 2.71 bits per heavy atom. The highest BCUT2D eigenvalue weighted by Gasteiger charge is 2.46. The number of nitrogens with one attached hydrogen (secondary N) is 1. The maximum Gasteiger partial charge on any atom is 0.240 e. The Labute approximate surface area is 109 Å². The molecule has 2 fully saturated rings. The third kappa shape index (κ3) is 3.33. The van der Waals surface area contributed by atoms with Crippen LogP contribution in [0.25, 0.3) is 0 Å². The summed E-state index contributed by atoms with van der Waals surface area (Å²) in [7, 11) is 0. The lowest BCUT2D eigenvalue weighted by molar-refractivity contribution is -0.123. The van der Waals surface area contributed by atoms with Crippen LogP contribution >= 0.6 is 12.4 Å². The average molecular weight is 263 g/mol. The van der Waals surface area contributed by atoms with E-state index in [-0.39, 0.29) is 24.4 Å². The molecular formula is C12H23ClN2O2. The van der Waals surface area contributed by atoms with Crippen LogP contribution < -0.4 is 11.1 Å². The molecule has 0 aromatic rings. The van der Waals surface area contributed by atoms with Crippen LogP contribution in [0.4, 0.5) is 0 Å². The van der Waals surface area contributed by atoms with Crippen LogP contribution in [0.15, 0.2) is 0 Å². The van der Waals surface area contributed by atoms with Crippen molar-refractivity contribution in [2.75, 3.05) is 13.2 Å². The highest BCUT2D eigenvalue weighted by Crippen LogP contribution is 2.32. The van der Waals surface area contributed by atoms with Crippen LogP contribution in [0.3, 0.4) is 0 Å². The van der Waals surface area contributed by atoms with Crippen molar-refractivity contribution in [1.82, 2.24) is 5.32 Å². The first kappa shape index (κ1) is 14.7. The molecule has 1 saturated carbocycles. The molecule has 2 unspecified atom stereocenters. The van der Waals surface area contributed by atoms with E-state index in [1.165, 1.54) is 0 Å². The van der Waals surface area contributed by atoms with Crippen molar-refractivity contribution in [1.29, 1.82) is 0 Å². The third-order valence-corrected chi connectivity index (χ3v) is 3.69. The summed E-state index contributed by atoms with van der Waals surface area (Å²) in [6.45, 7) is 5.85. The molecule has 5 heteroatoms. The highest BCUT2D eigenvalue weighted by atomic mass is 35.5. The topological polar surface area (TPSA) is 64.3 Å². The van der Waals surface area contributed by atoms with E-state index < -0.39 is 5.54 Å². The van der Waals surface area contributed by atoms with E-state index in [0.717, 1.165) is 25.9 Å². The number of carbonyl (C=O) groups excluding carboxylic acids is 1. The van der Waals surface area contributed by atoms with Crippen LogP contribution in [-0.2, 0) is 9.53 Å². The van der Waals surface area contributed by atoms with Crippen LogP contribution in [0.5, 0.6) is 0 Å². The molecular weight excluding hydrogens is 240 g/mol. The smallest absolute Gasteiger partial charge is 0.240 e. The first-order valence-corrected chi connectivity index (χ1v) is 6.22. The minimum atomic E-state index is -0.549. The summed E-state index contributed by atoms with van der Waals surface area (Å²) in [4.78, 5) is 11.7. The van der Waals surface area contributed by atoms with Gasteiger partial charge in [-0.15, -0.1) is 12.4 Å². The van der Waals surface area contributed by atoms with Crippen molar-refractivity contribution in [3.05, 3.63) is 0 Å². The molecule has 1 amide bonds. The molecule has 100 valence electrons. The monoisotopic (exact) mass is 262 g/mol. The molecule has 0 spiro atoms. The van der Waals surface area contributed by atoms with Gasteiger partial charge in [0.1, 0.15) is 0 Å². The zero-order chi connectivity index (χ0) is 11.8. The van der Waals surface area contributed by atoms with Crippen molar-refractivity contribution in [2.45, 2.75) is 44.8 Å². The number of halogens is 1. The van der Waals surface area contributed by atoms with Gasteiger partial charge in [-0.05, 0) is 25.2 Å². The van der Waals surface area contributed by atoms with E-state index in [1.807, 2.05) is 0 Å². The SMILES string of the molecule is CC(C)C1OCCC1CNC(=O)C1(N)CC1.Cl. The van der Waals surface area contributed by atoms with Crippen LogP contribution in [0, 0.1) is 11.8 Å². The van der Waals surface area contributed by atoms with Gasteiger partial charge in [-0.2, -0.15) is 0 Å². The predicted octanol–water partition coefficient (Wildman–Crippen LogP) is 1.08. The Morgan fingerprint density at radius 1 is 1.53 bits per heavy atom. The van der Waals surface area contributed by atoms with Gasteiger partial charge in [0, 0.05) is 19.1 Å². The molecule has 2 aliphatic rings. The van der Waals surface area contributed by atoms with Gasteiger partial charge < -0.3 is 15.8 Å². The Morgan fingerprint density at radius 2 is 2.18 bits per heavy atom. The van der Waals surface area contributed by atoms with Gasteiger partial charge in [0.05, 0.1) is 11.6 Å². The van der Waals surface area contributed by atoms with Gasteiger partial charge in [-0.25, -0.2) is 0 Å². The second kappa shape index (κ2) is 5.55. The molecule has 1 heterocycles. The second-order valence-electron chi connectivity index (χ2n) is 5.49. The lowest BCUT2D eigenvalue weighted by Crippen LogP contribution is -2.45. The number of hydrogen-bond acceptors (Lipinski definition) is 3. The predicted molar refractivity (Wildman–Crippen MR) is 69.1 cm³/mol. The zero-order valence-electron chi connectivity index (χ0n) is 10.6. The number of hydrogen-bond donors (Lipinski definition) is 2. The van der Waals surface area contributed by atoms with Gasteiger partial charge in [0.15, 0.2) is 0 Å². The zero-order valence-corrected chi connectivity index (χ0v) is 11.4. The molecule has 1 aliphatic heterocycles. The Bertz CT molecular complexity index is 280. The van der Waals surface area contributed by atoms with E-state index in [2.05, 4.69) is 19.2 Å². The number of rotatable bonds is 4. The van der Waals surface area contributed by atoms with Crippen LogP contribution in [0.1, 0.15) is 33.1 Å². The summed E-state index contributed by atoms with van der Waals surface area (Å²) in [5.41, 5.74) is 5.28. The highest BCUT2D eigenvalue weighted by molar-refractivity contribution is 5.88. The standard InChI is InChI=1S/C12H22N2O2.ClH/c1-8(2)10-9(3-6-16-10)7-14-11(15)12(13)4-5-12;/h8-10H,3-7,13H2,1-2H3,(H,14,15);1H. The number of nitrogens with two attached hydrogens (primary N) is 1. The van der Waals surface area contributed by atoms with E-state index in [0.29, 0.717) is 18.4 Å². The van der Waals surface area contributed by atoms with Crippen molar-refractivity contribution in [2.24, 2.45) is 17.6 Å². The Balaban J connectivity index is 0.00000144. The molecule has 2 atom stereocenters. The number of amides is 1. The molecule has 0 radical (unpaired) electrons. The molecule has 3 N–H and O–H groups in total. The Kier molecular flexibility index (Phi) is 4.81.